The molecule has 1 unspecified atom stereocenters. The summed E-state index contributed by atoms with van der Waals surface area (Å²) >= 11 is 1.64. The molecule has 0 aliphatic rings. The quantitative estimate of drug-likeness (QED) is 0.614. The molecule has 0 bridgehead atoms. The molecule has 2 heterocycles. The van der Waals surface area contributed by atoms with E-state index in [-0.39, 0.29) is 11.9 Å². The molecule has 1 N–H and O–H groups in total. The lowest BCUT2D eigenvalue weighted by molar-refractivity contribution is -0.116. The smallest absolute Gasteiger partial charge is 0.244 e. The van der Waals surface area contributed by atoms with Gasteiger partial charge < -0.3 is 5.32 Å². The van der Waals surface area contributed by atoms with Gasteiger partial charge >= 0.3 is 0 Å². The number of carbonyl (C=O) groups is 1. The first-order chi connectivity index (χ1) is 12.6. The van der Waals surface area contributed by atoms with Crippen molar-refractivity contribution in [3.05, 3.63) is 93.9 Å². The Morgan fingerprint density at radius 1 is 1.08 bits per heavy atom. The molecule has 0 fully saturated rings. The lowest BCUT2D eigenvalue weighted by Gasteiger charge is -2.18. The van der Waals surface area contributed by atoms with Crippen molar-refractivity contribution in [1.82, 2.24) is 10.3 Å². The second-order valence-corrected chi connectivity index (χ2v) is 7.38. The minimum Gasteiger partial charge on any atom is -0.341 e. The minimum absolute atomic E-state index is 0.125. The summed E-state index contributed by atoms with van der Waals surface area (Å²) in [5.41, 5.74) is 3.28. The third-order valence-corrected chi connectivity index (χ3v) is 5.10. The van der Waals surface area contributed by atoms with Gasteiger partial charge in [0.05, 0.1) is 6.04 Å². The van der Waals surface area contributed by atoms with Gasteiger partial charge in [0.25, 0.3) is 0 Å². The molecule has 3 rings (SSSR count). The number of thiophene rings is 1. The molecule has 0 saturated carbocycles. The zero-order chi connectivity index (χ0) is 18.4. The summed E-state index contributed by atoms with van der Waals surface area (Å²) in [6.45, 7) is 4.35. The SMILES string of the molecule is CC(C)c1ccc(C(NC(=O)/C=C/c2cccnc2)c2cccs2)cc1. The number of nitrogens with zero attached hydrogens (tertiary/aromatic N) is 1. The largest absolute Gasteiger partial charge is 0.341 e. The van der Waals surface area contributed by atoms with E-state index in [1.54, 1.807) is 35.9 Å². The Morgan fingerprint density at radius 3 is 2.46 bits per heavy atom. The van der Waals surface area contributed by atoms with Crippen LogP contribution < -0.4 is 5.32 Å². The maximum Gasteiger partial charge on any atom is 0.244 e. The van der Waals surface area contributed by atoms with Crippen molar-refractivity contribution in [2.45, 2.75) is 25.8 Å². The molecular formula is C22H22N2OS. The average molecular weight is 362 g/mol. The molecule has 4 heteroatoms. The highest BCUT2D eigenvalue weighted by molar-refractivity contribution is 7.10. The van der Waals surface area contributed by atoms with E-state index in [4.69, 9.17) is 0 Å². The zero-order valence-electron chi connectivity index (χ0n) is 14.9. The predicted molar refractivity (Wildman–Crippen MR) is 108 cm³/mol. The summed E-state index contributed by atoms with van der Waals surface area (Å²) in [5, 5.41) is 5.15. The van der Waals surface area contributed by atoms with E-state index < -0.39 is 0 Å². The van der Waals surface area contributed by atoms with Gasteiger partial charge in [0.2, 0.25) is 5.91 Å². The second kappa shape index (κ2) is 8.59. The Bertz CT molecular complexity index is 853. The first-order valence-electron chi connectivity index (χ1n) is 8.65. The standard InChI is InChI=1S/C22H22N2OS/c1-16(2)18-8-10-19(11-9-18)22(20-6-4-14-26-20)24-21(25)12-7-17-5-3-13-23-15-17/h3-16,22H,1-2H3,(H,24,25)/b12-7+. The minimum atomic E-state index is -0.151. The predicted octanol–water partition coefficient (Wildman–Crippen LogP) is 5.19. The monoisotopic (exact) mass is 362 g/mol. The van der Waals surface area contributed by atoms with Crippen molar-refractivity contribution in [2.75, 3.05) is 0 Å². The average Bonchev–Trinajstić information content (AvgIpc) is 3.20. The summed E-state index contributed by atoms with van der Waals surface area (Å²) in [5.74, 6) is 0.362. The Kier molecular flexibility index (Phi) is 5.97. The lowest BCUT2D eigenvalue weighted by Crippen LogP contribution is -2.27. The fourth-order valence-corrected chi connectivity index (χ4v) is 3.49. The third kappa shape index (κ3) is 4.67. The summed E-state index contributed by atoms with van der Waals surface area (Å²) < 4.78 is 0. The van der Waals surface area contributed by atoms with Gasteiger partial charge in [-0.1, -0.05) is 50.2 Å². The van der Waals surface area contributed by atoms with Crippen molar-refractivity contribution in [3.63, 3.8) is 0 Å². The first-order valence-corrected chi connectivity index (χ1v) is 9.53. The molecule has 0 aliphatic heterocycles. The topological polar surface area (TPSA) is 42.0 Å². The highest BCUT2D eigenvalue weighted by Crippen LogP contribution is 2.27. The first kappa shape index (κ1) is 18.1. The van der Waals surface area contributed by atoms with E-state index in [0.29, 0.717) is 5.92 Å². The van der Waals surface area contributed by atoms with Gasteiger partial charge in [0, 0.05) is 23.3 Å². The van der Waals surface area contributed by atoms with Crippen LogP contribution in [-0.4, -0.2) is 10.9 Å². The van der Waals surface area contributed by atoms with Crippen molar-refractivity contribution in [1.29, 1.82) is 0 Å². The fourth-order valence-electron chi connectivity index (χ4n) is 2.68. The molecule has 3 nitrogen and oxygen atoms in total. The summed E-state index contributed by atoms with van der Waals surface area (Å²) in [7, 11) is 0. The van der Waals surface area contributed by atoms with E-state index >= 15 is 0 Å². The van der Waals surface area contributed by atoms with Gasteiger partial charge in [-0.15, -0.1) is 11.3 Å². The van der Waals surface area contributed by atoms with Gasteiger partial charge in [-0.05, 0) is 46.2 Å². The lowest BCUT2D eigenvalue weighted by atomic mass is 9.98. The van der Waals surface area contributed by atoms with Crippen molar-refractivity contribution in [3.8, 4) is 0 Å². The van der Waals surface area contributed by atoms with Gasteiger partial charge in [-0.2, -0.15) is 0 Å². The second-order valence-electron chi connectivity index (χ2n) is 6.40. The summed E-state index contributed by atoms with van der Waals surface area (Å²) in [4.78, 5) is 17.6. The Hall–Kier alpha value is -2.72. The molecular weight excluding hydrogens is 340 g/mol. The Labute approximate surface area is 158 Å². The molecule has 0 radical (unpaired) electrons. The van der Waals surface area contributed by atoms with E-state index in [1.807, 2.05) is 23.6 Å². The normalized spacial score (nSPS) is 12.4. The number of hydrogen-bond acceptors (Lipinski definition) is 3. The molecule has 2 aromatic heterocycles. The number of amides is 1. The van der Waals surface area contributed by atoms with Crippen molar-refractivity contribution >= 4 is 23.3 Å². The fraction of sp³-hybridized carbons (Fsp3) is 0.182. The van der Waals surface area contributed by atoms with Gasteiger partial charge in [-0.25, -0.2) is 0 Å². The molecule has 1 amide bonds. The van der Waals surface area contributed by atoms with Crippen LogP contribution in [0, 0.1) is 0 Å². The molecule has 1 aromatic carbocycles. The Morgan fingerprint density at radius 2 is 1.85 bits per heavy atom. The van der Waals surface area contributed by atoms with Crippen LogP contribution >= 0.6 is 11.3 Å². The van der Waals surface area contributed by atoms with Crippen LogP contribution in [0.15, 0.2) is 72.4 Å². The van der Waals surface area contributed by atoms with Crippen LogP contribution in [0.5, 0.6) is 0 Å². The molecule has 1 atom stereocenters. The van der Waals surface area contributed by atoms with Crippen molar-refractivity contribution in [2.24, 2.45) is 0 Å². The van der Waals surface area contributed by atoms with Crippen LogP contribution in [0.2, 0.25) is 0 Å². The van der Waals surface area contributed by atoms with Gasteiger partial charge in [-0.3, -0.25) is 9.78 Å². The summed E-state index contributed by atoms with van der Waals surface area (Å²) in [6, 6.07) is 16.2. The maximum atomic E-state index is 12.5. The molecule has 3 aromatic rings. The van der Waals surface area contributed by atoms with E-state index in [2.05, 4.69) is 54.5 Å². The van der Waals surface area contributed by atoms with Crippen LogP contribution in [0.1, 0.15) is 47.4 Å². The number of rotatable bonds is 6. The number of aromatic nitrogens is 1. The maximum absolute atomic E-state index is 12.5. The molecule has 0 aliphatic carbocycles. The highest BCUT2D eigenvalue weighted by Gasteiger charge is 2.17. The molecule has 0 saturated heterocycles. The number of pyridine rings is 1. The number of nitrogens with one attached hydrogen (secondary N) is 1. The van der Waals surface area contributed by atoms with Gasteiger partial charge in [0.15, 0.2) is 0 Å². The van der Waals surface area contributed by atoms with Gasteiger partial charge in [0.1, 0.15) is 0 Å². The molecule has 132 valence electrons. The van der Waals surface area contributed by atoms with Crippen LogP contribution in [-0.2, 0) is 4.79 Å². The number of hydrogen-bond donors (Lipinski definition) is 1. The van der Waals surface area contributed by atoms with E-state index in [0.717, 1.165) is 16.0 Å². The molecule has 26 heavy (non-hydrogen) atoms. The number of benzene rings is 1. The zero-order valence-corrected chi connectivity index (χ0v) is 15.7. The van der Waals surface area contributed by atoms with Crippen LogP contribution in [0.3, 0.4) is 0 Å². The highest BCUT2D eigenvalue weighted by atomic mass is 32.1. The van der Waals surface area contributed by atoms with Crippen LogP contribution in [0.4, 0.5) is 0 Å². The Balaban J connectivity index is 1.79. The van der Waals surface area contributed by atoms with Crippen molar-refractivity contribution < 1.29 is 4.79 Å². The summed E-state index contributed by atoms with van der Waals surface area (Å²) in [6.07, 6.45) is 6.77. The number of carbonyl (C=O) groups excluding carboxylic acids is 1. The third-order valence-electron chi connectivity index (χ3n) is 4.16. The molecule has 0 spiro atoms. The van der Waals surface area contributed by atoms with E-state index in [1.165, 1.54) is 5.56 Å². The van der Waals surface area contributed by atoms with Crippen LogP contribution in [0.25, 0.3) is 6.08 Å². The van der Waals surface area contributed by atoms with E-state index in [9.17, 15) is 4.79 Å².